The summed E-state index contributed by atoms with van der Waals surface area (Å²) in [6.07, 6.45) is -10.3. The van der Waals surface area contributed by atoms with E-state index < -0.39 is 53.6 Å². The second-order valence-electron chi connectivity index (χ2n) is 7.15. The normalized spacial score (nSPS) is 18.1. The molecule has 4 nitrogen and oxygen atoms in total. The first kappa shape index (κ1) is 22.6. The Morgan fingerprint density at radius 1 is 1.00 bits per heavy atom. The number of carbonyl (C=O) groups excluding carboxylic acids is 2. The van der Waals surface area contributed by atoms with Crippen molar-refractivity contribution in [3.8, 4) is 0 Å². The smallest absolute Gasteiger partial charge is 0.416 e. The van der Waals surface area contributed by atoms with Crippen molar-refractivity contribution in [2.24, 2.45) is 0 Å². The summed E-state index contributed by atoms with van der Waals surface area (Å²) >= 11 is 0. The summed E-state index contributed by atoms with van der Waals surface area (Å²) in [5.74, 6) is -1.40. The Labute approximate surface area is 173 Å². The lowest BCUT2D eigenvalue weighted by Crippen LogP contribution is -2.38. The molecule has 166 valence electrons. The van der Waals surface area contributed by atoms with Gasteiger partial charge in [-0.1, -0.05) is 30.3 Å². The van der Waals surface area contributed by atoms with Gasteiger partial charge in [-0.25, -0.2) is 4.79 Å². The minimum atomic E-state index is -5.04. The maximum absolute atomic E-state index is 13.1. The molecule has 0 bridgehead atoms. The Hall–Kier alpha value is -3.04. The van der Waals surface area contributed by atoms with Crippen molar-refractivity contribution >= 4 is 12.4 Å². The zero-order valence-electron chi connectivity index (χ0n) is 15.9. The van der Waals surface area contributed by atoms with Gasteiger partial charge in [0.1, 0.15) is 12.9 Å². The fraction of sp³-hybridized carbons (Fsp3) is 0.333. The van der Waals surface area contributed by atoms with Gasteiger partial charge in [-0.3, -0.25) is 0 Å². The second kappa shape index (κ2) is 8.60. The van der Waals surface area contributed by atoms with Crippen LogP contribution in [0.15, 0.2) is 48.5 Å². The number of nitrogens with zero attached hydrogens (tertiary/aromatic N) is 1. The lowest BCUT2D eigenvalue weighted by Gasteiger charge is -2.25. The predicted octanol–water partition coefficient (Wildman–Crippen LogP) is 5.07. The molecular weight excluding hydrogens is 428 g/mol. The molecule has 2 aromatic rings. The average molecular weight is 445 g/mol. The molecule has 0 aromatic heterocycles. The Kier molecular flexibility index (Phi) is 6.28. The lowest BCUT2D eigenvalue weighted by atomic mass is 9.94. The SMILES string of the molecule is O=C[C@@H](CN1C(=O)OC[C@@H]1Cc1ccccc1)c1cc(C(F)(F)F)cc(C(F)(F)F)c1. The fourth-order valence-electron chi connectivity index (χ4n) is 3.40. The summed E-state index contributed by atoms with van der Waals surface area (Å²) in [4.78, 5) is 24.9. The first-order chi connectivity index (χ1) is 14.5. The van der Waals surface area contributed by atoms with Crippen LogP contribution in [-0.2, 0) is 28.3 Å². The molecule has 0 aliphatic carbocycles. The number of amides is 1. The molecular formula is C21H17F6NO3. The van der Waals surface area contributed by atoms with Gasteiger partial charge in [-0.05, 0) is 35.7 Å². The Balaban J connectivity index is 1.90. The number of hydrogen-bond donors (Lipinski definition) is 0. The molecule has 10 heteroatoms. The van der Waals surface area contributed by atoms with Gasteiger partial charge in [-0.2, -0.15) is 26.3 Å². The highest BCUT2D eigenvalue weighted by molar-refractivity contribution is 5.72. The van der Waals surface area contributed by atoms with E-state index in [2.05, 4.69) is 0 Å². The third-order valence-electron chi connectivity index (χ3n) is 4.98. The van der Waals surface area contributed by atoms with E-state index in [0.717, 1.165) is 5.56 Å². The molecule has 0 N–H and O–H groups in total. The number of alkyl halides is 6. The largest absolute Gasteiger partial charge is 0.447 e. The molecule has 31 heavy (non-hydrogen) atoms. The van der Waals surface area contributed by atoms with Gasteiger partial charge in [0.2, 0.25) is 0 Å². The Bertz CT molecular complexity index is 910. The van der Waals surface area contributed by atoms with Crippen LogP contribution in [0.3, 0.4) is 0 Å². The van der Waals surface area contributed by atoms with Crippen LogP contribution in [0, 0.1) is 0 Å². The van der Waals surface area contributed by atoms with Crippen LogP contribution in [0.5, 0.6) is 0 Å². The number of halogens is 6. The second-order valence-corrected chi connectivity index (χ2v) is 7.15. The number of hydrogen-bond acceptors (Lipinski definition) is 3. The average Bonchev–Trinajstić information content (AvgIpc) is 3.04. The van der Waals surface area contributed by atoms with Gasteiger partial charge < -0.3 is 14.4 Å². The van der Waals surface area contributed by atoms with Crippen molar-refractivity contribution in [2.45, 2.75) is 30.7 Å². The number of ether oxygens (including phenoxy) is 1. The summed E-state index contributed by atoms with van der Waals surface area (Å²) in [6, 6.07) is 9.47. The minimum absolute atomic E-state index is 0.00427. The summed E-state index contributed by atoms with van der Waals surface area (Å²) in [6.45, 7) is -0.409. The summed E-state index contributed by atoms with van der Waals surface area (Å²) in [5, 5.41) is 0. The number of aldehydes is 1. The van der Waals surface area contributed by atoms with Crippen molar-refractivity contribution in [2.75, 3.05) is 13.2 Å². The molecule has 1 aliphatic heterocycles. The zero-order chi connectivity index (χ0) is 22.8. The van der Waals surface area contributed by atoms with Crippen LogP contribution in [0.1, 0.15) is 28.2 Å². The topological polar surface area (TPSA) is 46.6 Å². The summed E-state index contributed by atoms with van der Waals surface area (Å²) < 4.78 is 83.8. The van der Waals surface area contributed by atoms with Crippen LogP contribution < -0.4 is 0 Å². The standard InChI is InChI=1S/C21H17F6NO3/c22-20(23,24)16-7-14(8-17(9-16)21(25,26)27)15(11-29)10-28-18(12-31-19(28)30)6-13-4-2-1-3-5-13/h1-5,7-9,11,15,18H,6,10,12H2/t15-,18+/m1/s1. The van der Waals surface area contributed by atoms with Crippen LogP contribution in [-0.4, -0.2) is 36.5 Å². The molecule has 3 rings (SSSR count). The van der Waals surface area contributed by atoms with E-state index in [1.807, 2.05) is 0 Å². The molecule has 0 spiro atoms. The molecule has 1 saturated heterocycles. The van der Waals surface area contributed by atoms with Crippen LogP contribution in [0.4, 0.5) is 31.1 Å². The van der Waals surface area contributed by atoms with Gasteiger partial charge in [0.25, 0.3) is 0 Å². The molecule has 2 aromatic carbocycles. The lowest BCUT2D eigenvalue weighted by molar-refractivity contribution is -0.143. The molecule has 0 radical (unpaired) electrons. The quantitative estimate of drug-likeness (QED) is 0.461. The van der Waals surface area contributed by atoms with Gasteiger partial charge in [-0.15, -0.1) is 0 Å². The number of rotatable bonds is 6. The van der Waals surface area contributed by atoms with Crippen molar-refractivity contribution in [1.82, 2.24) is 4.90 Å². The van der Waals surface area contributed by atoms with E-state index in [1.54, 1.807) is 30.3 Å². The molecule has 2 atom stereocenters. The van der Waals surface area contributed by atoms with Gasteiger partial charge in [0, 0.05) is 6.54 Å². The van der Waals surface area contributed by atoms with Crippen molar-refractivity contribution in [3.63, 3.8) is 0 Å². The van der Waals surface area contributed by atoms with Gasteiger partial charge >= 0.3 is 18.4 Å². The van der Waals surface area contributed by atoms with Crippen LogP contribution in [0.2, 0.25) is 0 Å². The van der Waals surface area contributed by atoms with Gasteiger partial charge in [0.05, 0.1) is 23.1 Å². The first-order valence-corrected chi connectivity index (χ1v) is 9.21. The Morgan fingerprint density at radius 2 is 1.58 bits per heavy atom. The van der Waals surface area contributed by atoms with Crippen LogP contribution >= 0.6 is 0 Å². The molecule has 1 heterocycles. The van der Waals surface area contributed by atoms with E-state index in [0.29, 0.717) is 18.6 Å². The van der Waals surface area contributed by atoms with Crippen molar-refractivity contribution in [3.05, 3.63) is 70.8 Å². The van der Waals surface area contributed by atoms with Crippen molar-refractivity contribution in [1.29, 1.82) is 0 Å². The molecule has 1 aliphatic rings. The fourth-order valence-corrected chi connectivity index (χ4v) is 3.40. The minimum Gasteiger partial charge on any atom is -0.447 e. The van der Waals surface area contributed by atoms with E-state index in [9.17, 15) is 35.9 Å². The van der Waals surface area contributed by atoms with E-state index in [1.165, 1.54) is 4.90 Å². The monoisotopic (exact) mass is 445 g/mol. The van der Waals surface area contributed by atoms with E-state index >= 15 is 0 Å². The zero-order valence-corrected chi connectivity index (χ0v) is 15.9. The molecule has 0 saturated carbocycles. The molecule has 1 amide bonds. The summed E-state index contributed by atoms with van der Waals surface area (Å²) in [7, 11) is 0. The van der Waals surface area contributed by atoms with Crippen molar-refractivity contribution < 1.29 is 40.7 Å². The highest BCUT2D eigenvalue weighted by Gasteiger charge is 2.39. The van der Waals surface area contributed by atoms with Gasteiger partial charge in [0.15, 0.2) is 0 Å². The highest BCUT2D eigenvalue weighted by atomic mass is 19.4. The van der Waals surface area contributed by atoms with E-state index in [-0.39, 0.29) is 19.0 Å². The summed E-state index contributed by atoms with van der Waals surface area (Å²) in [5.41, 5.74) is -2.66. The maximum Gasteiger partial charge on any atom is 0.416 e. The first-order valence-electron chi connectivity index (χ1n) is 9.21. The highest BCUT2D eigenvalue weighted by Crippen LogP contribution is 2.38. The molecule has 1 fully saturated rings. The predicted molar refractivity (Wildman–Crippen MR) is 97.2 cm³/mol. The van der Waals surface area contributed by atoms with Crippen LogP contribution in [0.25, 0.3) is 0 Å². The number of cyclic esters (lactones) is 1. The third-order valence-corrected chi connectivity index (χ3v) is 4.98. The maximum atomic E-state index is 13.1. The number of benzene rings is 2. The number of carbonyl (C=O) groups is 2. The molecule has 0 unspecified atom stereocenters. The van der Waals surface area contributed by atoms with E-state index in [4.69, 9.17) is 4.74 Å². The Morgan fingerprint density at radius 3 is 2.10 bits per heavy atom. The third kappa shape index (κ3) is 5.36.